The number of fused-ring (bicyclic) bond motifs is 1. The number of carbonyl (C=O) groups is 1. The Kier molecular flexibility index (Phi) is 4.73. The first-order valence-corrected chi connectivity index (χ1v) is 10.4. The molecule has 1 N–H and O–H groups in total. The number of nitrogens with zero attached hydrogens (tertiary/aromatic N) is 1. The van der Waals surface area contributed by atoms with Gasteiger partial charge < -0.3 is 19.2 Å². The zero-order valence-electron chi connectivity index (χ0n) is 17.9. The second kappa shape index (κ2) is 7.40. The molecule has 1 aliphatic heterocycles. The molecule has 1 saturated carbocycles. The molecule has 0 radical (unpaired) electrons. The lowest BCUT2D eigenvalue weighted by Gasteiger charge is -2.15. The molecule has 2 aromatic heterocycles. The SMILES string of the molecule is COc1cc(-c2nc(CC(=O)C3(c4ccc5c(c4)OC(F)(F)O5)CC3)ccc2C)c[nH]c1=O. The Hall–Kier alpha value is -3.75. The highest BCUT2D eigenvalue weighted by Crippen LogP contribution is 2.52. The fraction of sp³-hybridized carbons (Fsp3) is 0.292. The van der Waals surface area contributed by atoms with Crippen molar-refractivity contribution in [2.24, 2.45) is 0 Å². The van der Waals surface area contributed by atoms with E-state index in [1.807, 2.05) is 13.0 Å². The molecule has 170 valence electrons. The van der Waals surface area contributed by atoms with Crippen LogP contribution in [-0.2, 0) is 16.6 Å². The number of hydrogen-bond acceptors (Lipinski definition) is 6. The molecule has 5 rings (SSSR count). The molecular weight excluding hydrogens is 434 g/mol. The van der Waals surface area contributed by atoms with Crippen LogP contribution in [0.3, 0.4) is 0 Å². The normalized spacial score (nSPS) is 17.0. The number of methoxy groups -OCH3 is 1. The first-order chi connectivity index (χ1) is 15.7. The number of aromatic amines is 1. The van der Waals surface area contributed by atoms with Crippen LogP contribution in [0.15, 0.2) is 47.4 Å². The standard InChI is InChI=1S/C24H20F2N2O5/c1-13-3-5-16(28-21(13)14-9-19(31-2)22(30)27-12-14)11-20(29)23(7-8-23)15-4-6-17-18(10-15)33-24(25,26)32-17/h3-6,9-10,12H,7-8,11H2,1-2H3,(H,27,30). The summed E-state index contributed by atoms with van der Waals surface area (Å²) in [5.41, 5.74) is 2.28. The van der Waals surface area contributed by atoms with E-state index in [-0.39, 0.29) is 35.0 Å². The van der Waals surface area contributed by atoms with Gasteiger partial charge in [-0.1, -0.05) is 12.1 Å². The lowest BCUT2D eigenvalue weighted by Crippen LogP contribution is -2.26. The van der Waals surface area contributed by atoms with Crippen LogP contribution in [0.2, 0.25) is 0 Å². The smallest absolute Gasteiger partial charge is 0.491 e. The van der Waals surface area contributed by atoms with Crippen molar-refractivity contribution in [1.29, 1.82) is 0 Å². The van der Waals surface area contributed by atoms with Crippen molar-refractivity contribution in [1.82, 2.24) is 9.97 Å². The van der Waals surface area contributed by atoms with Crippen molar-refractivity contribution in [3.8, 4) is 28.5 Å². The first kappa shape index (κ1) is 21.1. The number of nitrogens with one attached hydrogen (secondary N) is 1. The van der Waals surface area contributed by atoms with Gasteiger partial charge in [-0.05, 0) is 55.2 Å². The van der Waals surface area contributed by atoms with E-state index in [2.05, 4.69) is 19.4 Å². The number of aryl methyl sites for hydroxylation is 1. The third-order valence-electron chi connectivity index (χ3n) is 6.10. The van der Waals surface area contributed by atoms with Crippen molar-refractivity contribution in [2.45, 2.75) is 37.9 Å². The van der Waals surface area contributed by atoms with Crippen LogP contribution in [0.1, 0.15) is 29.7 Å². The molecule has 7 nitrogen and oxygen atoms in total. The predicted molar refractivity (Wildman–Crippen MR) is 114 cm³/mol. The average molecular weight is 454 g/mol. The van der Waals surface area contributed by atoms with Gasteiger partial charge in [0.1, 0.15) is 5.78 Å². The maximum Gasteiger partial charge on any atom is 0.586 e. The van der Waals surface area contributed by atoms with E-state index in [9.17, 15) is 18.4 Å². The molecule has 9 heteroatoms. The minimum atomic E-state index is -3.70. The van der Waals surface area contributed by atoms with Gasteiger partial charge >= 0.3 is 6.29 Å². The number of benzene rings is 1. The lowest BCUT2D eigenvalue weighted by molar-refractivity contribution is -0.286. The Labute approximate surface area is 187 Å². The van der Waals surface area contributed by atoms with Gasteiger partial charge in [0.15, 0.2) is 17.2 Å². The molecule has 1 aliphatic carbocycles. The number of ketones is 1. The van der Waals surface area contributed by atoms with Crippen LogP contribution in [0.25, 0.3) is 11.3 Å². The van der Waals surface area contributed by atoms with E-state index in [1.165, 1.54) is 19.2 Å². The number of pyridine rings is 2. The summed E-state index contributed by atoms with van der Waals surface area (Å²) in [5, 5.41) is 0. The van der Waals surface area contributed by atoms with Crippen LogP contribution in [0, 0.1) is 6.92 Å². The Bertz CT molecular complexity index is 1330. The van der Waals surface area contributed by atoms with Crippen molar-refractivity contribution in [3.05, 3.63) is 69.8 Å². The van der Waals surface area contributed by atoms with Crippen LogP contribution in [0.4, 0.5) is 8.78 Å². The van der Waals surface area contributed by atoms with Crippen molar-refractivity contribution in [3.63, 3.8) is 0 Å². The minimum Gasteiger partial charge on any atom is -0.491 e. The van der Waals surface area contributed by atoms with Gasteiger partial charge in [0.2, 0.25) is 0 Å². The average Bonchev–Trinajstić information content (AvgIpc) is 3.52. The summed E-state index contributed by atoms with van der Waals surface area (Å²) < 4.78 is 40.8. The Balaban J connectivity index is 1.41. The summed E-state index contributed by atoms with van der Waals surface area (Å²) in [4.78, 5) is 32.3. The van der Waals surface area contributed by atoms with Crippen molar-refractivity contribution >= 4 is 5.78 Å². The van der Waals surface area contributed by atoms with Crippen LogP contribution < -0.4 is 19.8 Å². The number of ether oxygens (including phenoxy) is 3. The quantitative estimate of drug-likeness (QED) is 0.607. The summed E-state index contributed by atoms with van der Waals surface area (Å²) in [6.07, 6.45) is -0.821. The number of halogens is 2. The highest BCUT2D eigenvalue weighted by molar-refractivity contribution is 5.94. The predicted octanol–water partition coefficient (Wildman–Crippen LogP) is 3.92. The highest BCUT2D eigenvalue weighted by atomic mass is 19.3. The van der Waals surface area contributed by atoms with Crippen LogP contribution in [-0.4, -0.2) is 29.2 Å². The molecule has 1 fully saturated rings. The van der Waals surface area contributed by atoms with Gasteiger partial charge in [-0.25, -0.2) is 0 Å². The lowest BCUT2D eigenvalue weighted by atomic mass is 9.88. The molecule has 0 amide bonds. The zero-order valence-corrected chi connectivity index (χ0v) is 17.9. The summed E-state index contributed by atoms with van der Waals surface area (Å²) in [5.74, 6) is 0.00230. The highest BCUT2D eigenvalue weighted by Gasteiger charge is 2.52. The van der Waals surface area contributed by atoms with Gasteiger partial charge in [0.05, 0.1) is 18.2 Å². The van der Waals surface area contributed by atoms with Crippen LogP contribution in [0.5, 0.6) is 17.2 Å². The summed E-state index contributed by atoms with van der Waals surface area (Å²) in [7, 11) is 1.41. The topological polar surface area (TPSA) is 90.5 Å². The van der Waals surface area contributed by atoms with Gasteiger partial charge in [-0.15, -0.1) is 8.78 Å². The minimum absolute atomic E-state index is 0.0468. The van der Waals surface area contributed by atoms with Gasteiger partial charge in [0.25, 0.3) is 5.56 Å². The Morgan fingerprint density at radius 1 is 1.15 bits per heavy atom. The van der Waals surface area contributed by atoms with Crippen molar-refractivity contribution < 1.29 is 27.8 Å². The molecule has 0 unspecified atom stereocenters. The number of carbonyl (C=O) groups excluding carboxylic acids is 1. The third kappa shape index (κ3) is 3.73. The monoisotopic (exact) mass is 454 g/mol. The van der Waals surface area contributed by atoms with E-state index in [1.54, 1.807) is 24.4 Å². The number of alkyl halides is 2. The maximum atomic E-state index is 13.4. The van der Waals surface area contributed by atoms with Crippen molar-refractivity contribution in [2.75, 3.05) is 7.11 Å². The number of rotatable bonds is 6. The third-order valence-corrected chi connectivity index (χ3v) is 6.10. The van der Waals surface area contributed by atoms with Crippen LogP contribution >= 0.6 is 0 Å². The molecule has 0 bridgehead atoms. The second-order valence-electron chi connectivity index (χ2n) is 8.27. The molecule has 3 aromatic rings. The maximum absolute atomic E-state index is 13.4. The van der Waals surface area contributed by atoms with Gasteiger partial charge in [0, 0.05) is 23.9 Å². The number of hydrogen-bond donors (Lipinski definition) is 1. The van der Waals surface area contributed by atoms with Gasteiger partial charge in [-0.2, -0.15) is 0 Å². The largest absolute Gasteiger partial charge is 0.586 e. The number of Topliss-reactive ketones (excluding diaryl/α,β-unsaturated/α-hetero) is 1. The summed E-state index contributed by atoms with van der Waals surface area (Å²) in [6, 6.07) is 9.76. The zero-order chi connectivity index (χ0) is 23.4. The summed E-state index contributed by atoms with van der Waals surface area (Å²) >= 11 is 0. The molecule has 2 aliphatic rings. The number of H-pyrrole nitrogens is 1. The molecule has 0 saturated heterocycles. The molecule has 33 heavy (non-hydrogen) atoms. The fourth-order valence-corrected chi connectivity index (χ4v) is 4.14. The first-order valence-electron chi connectivity index (χ1n) is 10.4. The second-order valence-corrected chi connectivity index (χ2v) is 8.27. The van der Waals surface area contributed by atoms with E-state index in [0.29, 0.717) is 35.4 Å². The Morgan fingerprint density at radius 2 is 1.91 bits per heavy atom. The number of aromatic nitrogens is 2. The van der Waals surface area contributed by atoms with E-state index < -0.39 is 11.7 Å². The summed E-state index contributed by atoms with van der Waals surface area (Å²) in [6.45, 7) is 1.89. The molecular formula is C24H20F2N2O5. The Morgan fingerprint density at radius 3 is 2.64 bits per heavy atom. The van der Waals surface area contributed by atoms with E-state index in [4.69, 9.17) is 4.74 Å². The molecule has 0 atom stereocenters. The van der Waals surface area contributed by atoms with Gasteiger partial charge in [-0.3, -0.25) is 14.6 Å². The fourth-order valence-electron chi connectivity index (χ4n) is 4.14. The molecule has 0 spiro atoms. The molecule has 1 aromatic carbocycles. The van der Waals surface area contributed by atoms with E-state index in [0.717, 1.165) is 5.56 Å². The van der Waals surface area contributed by atoms with E-state index >= 15 is 0 Å². The molecule has 3 heterocycles.